The molecule has 0 bridgehead atoms. The molecule has 2 amide bonds. The summed E-state index contributed by atoms with van der Waals surface area (Å²) in [4.78, 5) is 36.7. The average Bonchev–Trinajstić information content (AvgIpc) is 3.01. The van der Waals surface area contributed by atoms with E-state index >= 15 is 0 Å². The second-order valence-electron chi connectivity index (χ2n) is 5.30. The molecule has 1 fully saturated rings. The van der Waals surface area contributed by atoms with Crippen molar-refractivity contribution in [3.05, 3.63) is 46.4 Å². The van der Waals surface area contributed by atoms with Gasteiger partial charge in [0.25, 0.3) is 11.5 Å². The molecule has 3 rings (SSSR count). The molecule has 0 aliphatic carbocycles. The molecular weight excluding hydrogens is 312 g/mol. The van der Waals surface area contributed by atoms with Gasteiger partial charge in [0.05, 0.1) is 12.8 Å². The number of rotatable bonds is 4. The number of anilines is 2. The van der Waals surface area contributed by atoms with Gasteiger partial charge in [0, 0.05) is 30.8 Å². The number of hydrogen-bond donors (Lipinski definition) is 2. The zero-order valence-corrected chi connectivity index (χ0v) is 13.0. The molecule has 0 spiro atoms. The summed E-state index contributed by atoms with van der Waals surface area (Å²) >= 11 is 0. The van der Waals surface area contributed by atoms with E-state index in [9.17, 15) is 14.4 Å². The molecular formula is C16H16N4O4. The lowest BCUT2D eigenvalue weighted by Gasteiger charge is -2.19. The number of aromatic amines is 1. The standard InChI is InChI=1S/C16H16N4O4/c1-24-13-9-10(4-6-12(13)20-8-2-3-15(20)22)17-16(23)11-5-7-14(21)19-18-11/h4-7,9H,2-3,8H2,1H3,(H,17,23)(H,19,21). The van der Waals surface area contributed by atoms with Crippen LogP contribution in [0.1, 0.15) is 23.3 Å². The fraction of sp³-hybridized carbons (Fsp3) is 0.250. The number of aromatic nitrogens is 2. The van der Waals surface area contributed by atoms with Crippen LogP contribution >= 0.6 is 0 Å². The fourth-order valence-electron chi connectivity index (χ4n) is 2.55. The van der Waals surface area contributed by atoms with Gasteiger partial charge in [-0.1, -0.05) is 0 Å². The number of carbonyl (C=O) groups excluding carboxylic acids is 2. The Labute approximate surface area is 137 Å². The Morgan fingerprint density at radius 3 is 2.75 bits per heavy atom. The third-order valence-electron chi connectivity index (χ3n) is 3.71. The lowest BCUT2D eigenvalue weighted by Crippen LogP contribution is -2.24. The molecule has 0 radical (unpaired) electrons. The lowest BCUT2D eigenvalue weighted by molar-refractivity contribution is -0.117. The second kappa shape index (κ2) is 6.53. The van der Waals surface area contributed by atoms with Crippen molar-refractivity contribution in [3.63, 3.8) is 0 Å². The van der Waals surface area contributed by atoms with Crippen molar-refractivity contribution in [2.24, 2.45) is 0 Å². The van der Waals surface area contributed by atoms with Crippen LogP contribution in [0.4, 0.5) is 11.4 Å². The largest absolute Gasteiger partial charge is 0.494 e. The Hall–Kier alpha value is -3.16. The van der Waals surface area contributed by atoms with Crippen LogP contribution in [0.25, 0.3) is 0 Å². The van der Waals surface area contributed by atoms with Gasteiger partial charge in [-0.05, 0) is 24.6 Å². The molecule has 2 aromatic rings. The molecule has 0 atom stereocenters. The molecule has 2 N–H and O–H groups in total. The number of amides is 2. The van der Waals surface area contributed by atoms with E-state index < -0.39 is 5.91 Å². The van der Waals surface area contributed by atoms with Crippen molar-refractivity contribution in [3.8, 4) is 5.75 Å². The first-order valence-electron chi connectivity index (χ1n) is 7.44. The van der Waals surface area contributed by atoms with Gasteiger partial charge in [0.1, 0.15) is 11.4 Å². The van der Waals surface area contributed by atoms with Crippen LogP contribution in [0.5, 0.6) is 5.75 Å². The highest BCUT2D eigenvalue weighted by atomic mass is 16.5. The van der Waals surface area contributed by atoms with E-state index in [2.05, 4.69) is 15.5 Å². The molecule has 1 saturated heterocycles. The summed E-state index contributed by atoms with van der Waals surface area (Å²) in [6.45, 7) is 0.655. The molecule has 8 heteroatoms. The van der Waals surface area contributed by atoms with Gasteiger partial charge < -0.3 is 15.0 Å². The molecule has 1 aromatic carbocycles. The summed E-state index contributed by atoms with van der Waals surface area (Å²) < 4.78 is 5.34. The maximum Gasteiger partial charge on any atom is 0.276 e. The quantitative estimate of drug-likeness (QED) is 0.876. The predicted molar refractivity (Wildman–Crippen MR) is 87.4 cm³/mol. The smallest absolute Gasteiger partial charge is 0.276 e. The third-order valence-corrected chi connectivity index (χ3v) is 3.71. The minimum Gasteiger partial charge on any atom is -0.494 e. The first kappa shape index (κ1) is 15.7. The maximum absolute atomic E-state index is 12.1. The van der Waals surface area contributed by atoms with Crippen LogP contribution in [0.3, 0.4) is 0 Å². The fourth-order valence-corrected chi connectivity index (χ4v) is 2.55. The van der Waals surface area contributed by atoms with Gasteiger partial charge in [0.15, 0.2) is 0 Å². The molecule has 0 saturated carbocycles. The third kappa shape index (κ3) is 3.12. The van der Waals surface area contributed by atoms with Crippen molar-refractivity contribution in [2.75, 3.05) is 23.9 Å². The predicted octanol–water partition coefficient (Wildman–Crippen LogP) is 1.16. The Kier molecular flexibility index (Phi) is 4.28. The topological polar surface area (TPSA) is 104 Å². The number of benzene rings is 1. The minimum absolute atomic E-state index is 0.0579. The molecule has 1 aliphatic heterocycles. The molecule has 8 nitrogen and oxygen atoms in total. The molecule has 124 valence electrons. The maximum atomic E-state index is 12.1. The molecule has 1 aromatic heterocycles. The summed E-state index contributed by atoms with van der Waals surface area (Å²) in [6, 6.07) is 7.63. The van der Waals surface area contributed by atoms with E-state index in [1.54, 1.807) is 23.1 Å². The van der Waals surface area contributed by atoms with Crippen LogP contribution < -0.4 is 20.5 Å². The Morgan fingerprint density at radius 1 is 1.29 bits per heavy atom. The van der Waals surface area contributed by atoms with E-state index in [4.69, 9.17) is 4.74 Å². The van der Waals surface area contributed by atoms with Crippen molar-refractivity contribution >= 4 is 23.2 Å². The van der Waals surface area contributed by atoms with Crippen LogP contribution in [0.2, 0.25) is 0 Å². The highest BCUT2D eigenvalue weighted by molar-refractivity contribution is 6.03. The summed E-state index contributed by atoms with van der Waals surface area (Å²) in [7, 11) is 1.51. The first-order valence-corrected chi connectivity index (χ1v) is 7.44. The van der Waals surface area contributed by atoms with Gasteiger partial charge in [0.2, 0.25) is 5.91 Å². The number of carbonyl (C=O) groups is 2. The van der Waals surface area contributed by atoms with Crippen LogP contribution in [-0.2, 0) is 4.79 Å². The number of methoxy groups -OCH3 is 1. The summed E-state index contributed by atoms with van der Waals surface area (Å²) in [5, 5.41) is 8.55. The van der Waals surface area contributed by atoms with Gasteiger partial charge >= 0.3 is 0 Å². The Balaban J connectivity index is 1.81. The van der Waals surface area contributed by atoms with Crippen LogP contribution in [0.15, 0.2) is 35.1 Å². The van der Waals surface area contributed by atoms with Crippen LogP contribution in [-0.4, -0.2) is 35.7 Å². The number of ether oxygens (including phenoxy) is 1. The first-order chi connectivity index (χ1) is 11.6. The highest BCUT2D eigenvalue weighted by Crippen LogP contribution is 2.33. The summed E-state index contributed by atoms with van der Waals surface area (Å²) in [5.41, 5.74) is 0.889. The minimum atomic E-state index is -0.460. The van der Waals surface area contributed by atoms with Gasteiger partial charge in [-0.25, -0.2) is 5.10 Å². The zero-order valence-electron chi connectivity index (χ0n) is 13.0. The van der Waals surface area contributed by atoms with E-state index in [1.807, 2.05) is 0 Å². The van der Waals surface area contributed by atoms with Crippen LogP contribution in [0, 0.1) is 0 Å². The van der Waals surface area contributed by atoms with E-state index in [-0.39, 0.29) is 17.2 Å². The van der Waals surface area contributed by atoms with Crippen molar-refractivity contribution < 1.29 is 14.3 Å². The number of nitrogens with zero attached hydrogens (tertiary/aromatic N) is 2. The molecule has 2 heterocycles. The van der Waals surface area contributed by atoms with E-state index in [0.29, 0.717) is 30.1 Å². The zero-order chi connectivity index (χ0) is 17.1. The molecule has 1 aliphatic rings. The normalized spacial score (nSPS) is 13.9. The van der Waals surface area contributed by atoms with E-state index in [0.717, 1.165) is 6.42 Å². The van der Waals surface area contributed by atoms with Crippen molar-refractivity contribution in [1.82, 2.24) is 10.2 Å². The monoisotopic (exact) mass is 328 g/mol. The number of hydrogen-bond acceptors (Lipinski definition) is 5. The second-order valence-corrected chi connectivity index (χ2v) is 5.30. The summed E-state index contributed by atoms with van der Waals surface area (Å²) in [5.74, 6) is 0.0957. The van der Waals surface area contributed by atoms with E-state index in [1.165, 1.54) is 19.2 Å². The van der Waals surface area contributed by atoms with Gasteiger partial charge in [-0.15, -0.1) is 0 Å². The number of nitrogens with one attached hydrogen (secondary N) is 2. The number of H-pyrrole nitrogens is 1. The highest BCUT2D eigenvalue weighted by Gasteiger charge is 2.24. The van der Waals surface area contributed by atoms with Gasteiger partial charge in [-0.2, -0.15) is 5.10 Å². The SMILES string of the molecule is COc1cc(NC(=O)c2ccc(=O)[nH]n2)ccc1N1CCCC1=O. The van der Waals surface area contributed by atoms with Crippen molar-refractivity contribution in [1.29, 1.82) is 0 Å². The average molecular weight is 328 g/mol. The molecule has 24 heavy (non-hydrogen) atoms. The molecule has 0 unspecified atom stereocenters. The van der Waals surface area contributed by atoms with Gasteiger partial charge in [-0.3, -0.25) is 14.4 Å². The Bertz CT molecular complexity index is 826. The van der Waals surface area contributed by atoms with Crippen molar-refractivity contribution in [2.45, 2.75) is 12.8 Å². The summed E-state index contributed by atoms with van der Waals surface area (Å²) in [6.07, 6.45) is 1.35. The Morgan fingerprint density at radius 2 is 2.12 bits per heavy atom. The lowest BCUT2D eigenvalue weighted by atomic mass is 10.2.